The van der Waals surface area contributed by atoms with Gasteiger partial charge in [-0.25, -0.2) is 4.39 Å². The zero-order valence-corrected chi connectivity index (χ0v) is 19.7. The van der Waals surface area contributed by atoms with E-state index in [4.69, 9.17) is 9.47 Å². The molecule has 1 aromatic carbocycles. The quantitative estimate of drug-likeness (QED) is 0.432. The Labute approximate surface area is 203 Å². The predicted molar refractivity (Wildman–Crippen MR) is 131 cm³/mol. The van der Waals surface area contributed by atoms with Crippen LogP contribution in [0.25, 0.3) is 11.3 Å². The monoisotopic (exact) mass is 476 g/mol. The van der Waals surface area contributed by atoms with Gasteiger partial charge in [0.25, 0.3) is 5.91 Å². The number of hydrogen-bond acceptors (Lipinski definition) is 5. The summed E-state index contributed by atoms with van der Waals surface area (Å²) in [5, 5.41) is 6.49. The van der Waals surface area contributed by atoms with Gasteiger partial charge in [0.2, 0.25) is 0 Å². The van der Waals surface area contributed by atoms with Crippen LogP contribution in [0.4, 0.5) is 15.8 Å². The first-order valence-corrected chi connectivity index (χ1v) is 12.4. The van der Waals surface area contributed by atoms with Gasteiger partial charge in [0.05, 0.1) is 35.9 Å². The van der Waals surface area contributed by atoms with E-state index in [1.165, 1.54) is 6.07 Å². The van der Waals surface area contributed by atoms with Crippen molar-refractivity contribution in [2.24, 2.45) is 0 Å². The highest BCUT2D eigenvalue weighted by Gasteiger charge is 2.51. The molecule has 2 aliphatic heterocycles. The predicted octanol–water partition coefficient (Wildman–Crippen LogP) is 4.85. The summed E-state index contributed by atoms with van der Waals surface area (Å²) in [7, 11) is 0. The molecule has 8 heteroatoms. The molecule has 1 saturated carbocycles. The molecule has 4 heterocycles. The van der Waals surface area contributed by atoms with E-state index in [1.54, 1.807) is 18.5 Å². The van der Waals surface area contributed by atoms with Gasteiger partial charge in [-0.2, -0.15) is 0 Å². The van der Waals surface area contributed by atoms with Crippen LogP contribution in [-0.4, -0.2) is 41.7 Å². The maximum absolute atomic E-state index is 14.6. The van der Waals surface area contributed by atoms with Crippen LogP contribution in [0.3, 0.4) is 0 Å². The van der Waals surface area contributed by atoms with Gasteiger partial charge >= 0.3 is 0 Å². The molecular formula is C27H29FN4O3. The van der Waals surface area contributed by atoms with E-state index in [-0.39, 0.29) is 23.2 Å². The van der Waals surface area contributed by atoms with E-state index < -0.39 is 0 Å². The van der Waals surface area contributed by atoms with Gasteiger partial charge in [-0.3, -0.25) is 9.78 Å². The lowest BCUT2D eigenvalue weighted by Gasteiger charge is -2.26. The topological polar surface area (TPSA) is 88.3 Å². The number of ether oxygens (including phenoxy) is 2. The molecule has 1 amide bonds. The minimum Gasteiger partial charge on any atom is -0.491 e. The summed E-state index contributed by atoms with van der Waals surface area (Å²) >= 11 is 0. The number of amides is 1. The van der Waals surface area contributed by atoms with Gasteiger partial charge in [-0.1, -0.05) is 13.0 Å². The molecule has 182 valence electrons. The molecule has 0 bridgehead atoms. The highest BCUT2D eigenvalue weighted by atomic mass is 19.1. The lowest BCUT2D eigenvalue weighted by Crippen LogP contribution is -2.39. The third kappa shape index (κ3) is 3.86. The van der Waals surface area contributed by atoms with Crippen molar-refractivity contribution in [1.29, 1.82) is 0 Å². The van der Waals surface area contributed by atoms with Crippen LogP contribution in [0.15, 0.2) is 36.7 Å². The number of H-pyrrole nitrogens is 1. The van der Waals surface area contributed by atoms with Crippen molar-refractivity contribution in [3.63, 3.8) is 0 Å². The number of halogens is 1. The molecule has 0 radical (unpaired) electrons. The van der Waals surface area contributed by atoms with Crippen molar-refractivity contribution >= 4 is 17.3 Å². The average molecular weight is 477 g/mol. The summed E-state index contributed by atoms with van der Waals surface area (Å²) in [6.45, 7) is 3.87. The molecular weight excluding hydrogens is 447 g/mol. The summed E-state index contributed by atoms with van der Waals surface area (Å²) in [4.78, 5) is 21.0. The van der Waals surface area contributed by atoms with Crippen molar-refractivity contribution in [1.82, 2.24) is 15.3 Å². The highest BCUT2D eigenvalue weighted by Crippen LogP contribution is 2.54. The molecule has 6 rings (SSSR count). The van der Waals surface area contributed by atoms with Crippen LogP contribution >= 0.6 is 0 Å². The van der Waals surface area contributed by atoms with Gasteiger partial charge in [-0.15, -0.1) is 0 Å². The van der Waals surface area contributed by atoms with Crippen LogP contribution in [0.2, 0.25) is 0 Å². The molecule has 1 atom stereocenters. The van der Waals surface area contributed by atoms with Crippen LogP contribution in [0.5, 0.6) is 5.75 Å². The Kier molecular flexibility index (Phi) is 5.48. The summed E-state index contributed by atoms with van der Waals surface area (Å²) < 4.78 is 26.2. The fraction of sp³-hybridized carbons (Fsp3) is 0.407. The molecule has 3 aliphatic rings. The number of nitrogens with zero attached hydrogens (tertiary/aromatic N) is 1. The molecule has 1 spiro atoms. The van der Waals surface area contributed by atoms with Crippen molar-refractivity contribution < 1.29 is 18.7 Å². The van der Waals surface area contributed by atoms with Gasteiger partial charge in [-0.05, 0) is 43.9 Å². The lowest BCUT2D eigenvalue weighted by atomic mass is 9.93. The molecule has 1 saturated heterocycles. The standard InChI is InChI=1S/C27H29FN4O3/c1-2-17-19(28)4-3-5-20(17)31-24-22-25(27(9-10-27)15-30-26(22)33)32-23(24)18-6-11-29-14-21(18)35-13-8-16-7-12-34-16/h3-6,11,14,16,31-32H,2,7-10,12-13,15H2,1H3,(H,30,33)/t16-/m1/s1. The summed E-state index contributed by atoms with van der Waals surface area (Å²) in [6.07, 6.45) is 8.10. The smallest absolute Gasteiger partial charge is 0.255 e. The fourth-order valence-electron chi connectivity index (χ4n) is 5.14. The first-order chi connectivity index (χ1) is 17.1. The molecule has 3 N–H and O–H groups in total. The van der Waals surface area contributed by atoms with Gasteiger partial charge in [0, 0.05) is 53.7 Å². The van der Waals surface area contributed by atoms with E-state index in [2.05, 4.69) is 20.6 Å². The van der Waals surface area contributed by atoms with Crippen molar-refractivity contribution in [2.75, 3.05) is 25.1 Å². The van der Waals surface area contributed by atoms with Crippen molar-refractivity contribution in [3.8, 4) is 17.0 Å². The number of nitrogens with one attached hydrogen (secondary N) is 3. The first kappa shape index (κ1) is 22.1. The molecule has 0 unspecified atom stereocenters. The summed E-state index contributed by atoms with van der Waals surface area (Å²) in [5.74, 6) is 0.238. The molecule has 2 aromatic heterocycles. The Morgan fingerprint density at radius 1 is 1.31 bits per heavy atom. The molecule has 1 aliphatic carbocycles. The Hall–Kier alpha value is -3.39. The van der Waals surface area contributed by atoms with Crippen LogP contribution in [0, 0.1) is 5.82 Å². The van der Waals surface area contributed by atoms with Gasteiger partial charge in [0.1, 0.15) is 11.6 Å². The number of rotatable bonds is 8. The number of pyridine rings is 1. The SMILES string of the molecule is CCc1c(F)cccc1Nc1c(-c2ccncc2OCC[C@H]2CCO2)[nH]c2c1C(=O)NCC21CC1. The lowest BCUT2D eigenvalue weighted by molar-refractivity contribution is -0.0596. The Bertz CT molecular complexity index is 1280. The number of fused-ring (bicyclic) bond motifs is 2. The van der Waals surface area contributed by atoms with Crippen LogP contribution in [-0.2, 0) is 16.6 Å². The third-order valence-corrected chi connectivity index (χ3v) is 7.47. The second-order valence-electron chi connectivity index (χ2n) is 9.62. The normalized spacial score (nSPS) is 19.6. The van der Waals surface area contributed by atoms with E-state index in [9.17, 15) is 9.18 Å². The average Bonchev–Trinajstić information content (AvgIpc) is 3.51. The number of carbonyl (C=O) groups is 1. The van der Waals surface area contributed by atoms with Gasteiger partial charge < -0.3 is 25.1 Å². The van der Waals surface area contributed by atoms with Crippen LogP contribution < -0.4 is 15.4 Å². The molecule has 2 fully saturated rings. The van der Waals surface area contributed by atoms with Crippen molar-refractivity contribution in [2.45, 2.75) is 50.5 Å². The number of aromatic amines is 1. The van der Waals surface area contributed by atoms with Gasteiger partial charge in [0.15, 0.2) is 0 Å². The maximum atomic E-state index is 14.6. The number of anilines is 2. The highest BCUT2D eigenvalue weighted by molar-refractivity contribution is 6.07. The Balaban J connectivity index is 1.44. The second kappa shape index (κ2) is 8.68. The molecule has 35 heavy (non-hydrogen) atoms. The largest absolute Gasteiger partial charge is 0.491 e. The molecule has 3 aromatic rings. The van der Waals surface area contributed by atoms with E-state index >= 15 is 0 Å². The number of benzene rings is 1. The summed E-state index contributed by atoms with van der Waals surface area (Å²) in [5.41, 5.74) is 4.91. The zero-order chi connectivity index (χ0) is 24.0. The van der Waals surface area contributed by atoms with Crippen molar-refractivity contribution in [3.05, 3.63) is 59.3 Å². The van der Waals surface area contributed by atoms with E-state index in [1.807, 2.05) is 19.1 Å². The number of hydrogen-bond donors (Lipinski definition) is 3. The molecule has 7 nitrogen and oxygen atoms in total. The Morgan fingerprint density at radius 3 is 2.91 bits per heavy atom. The minimum atomic E-state index is -0.266. The number of aromatic nitrogens is 2. The van der Waals surface area contributed by atoms with Crippen LogP contribution in [0.1, 0.15) is 54.2 Å². The zero-order valence-electron chi connectivity index (χ0n) is 19.7. The minimum absolute atomic E-state index is 0.0664. The number of carbonyl (C=O) groups excluding carboxylic acids is 1. The van der Waals surface area contributed by atoms with E-state index in [0.29, 0.717) is 47.8 Å². The third-order valence-electron chi connectivity index (χ3n) is 7.47. The Morgan fingerprint density at radius 2 is 2.17 bits per heavy atom. The fourth-order valence-corrected chi connectivity index (χ4v) is 5.14. The second-order valence-corrected chi connectivity index (χ2v) is 9.62. The van der Waals surface area contributed by atoms with E-state index in [0.717, 1.165) is 49.2 Å². The first-order valence-electron chi connectivity index (χ1n) is 12.4. The summed E-state index contributed by atoms with van der Waals surface area (Å²) in [6, 6.07) is 6.88. The maximum Gasteiger partial charge on any atom is 0.255 e.